The molecule has 2 amide bonds. The number of carbonyl (C=O) groups is 3. The van der Waals surface area contributed by atoms with Gasteiger partial charge in [0.1, 0.15) is 16.9 Å². The summed E-state index contributed by atoms with van der Waals surface area (Å²) in [7, 11) is 0. The maximum atomic E-state index is 12.2. The van der Waals surface area contributed by atoms with Crippen LogP contribution in [0.2, 0.25) is 0 Å². The van der Waals surface area contributed by atoms with Crippen molar-refractivity contribution in [3.8, 4) is 0 Å². The molecule has 0 bridgehead atoms. The topological polar surface area (TPSA) is 112 Å². The number of nitrogens with zero attached hydrogens (tertiary/aromatic N) is 3. The van der Waals surface area contributed by atoms with Gasteiger partial charge in [0.05, 0.1) is 11.2 Å². The van der Waals surface area contributed by atoms with E-state index in [0.717, 1.165) is 0 Å². The Labute approximate surface area is 144 Å². The molecule has 0 aromatic carbocycles. The first-order valence-electron chi connectivity index (χ1n) is 6.74. The monoisotopic (exact) mass is 374 g/mol. The number of carboxylic acid groups (broad SMARTS) is 1. The van der Waals surface area contributed by atoms with Crippen LogP contribution in [0.25, 0.3) is 0 Å². The molecule has 8 nitrogen and oxygen atoms in total. The Bertz CT molecular complexity index is 640. The number of β-lactam (4-membered cyclic amide) rings is 1. The van der Waals surface area contributed by atoms with E-state index < -0.39 is 17.4 Å². The summed E-state index contributed by atoms with van der Waals surface area (Å²) in [5, 5.41) is 19.3. The molecule has 23 heavy (non-hydrogen) atoms. The highest BCUT2D eigenvalue weighted by Crippen LogP contribution is 2.41. The van der Waals surface area contributed by atoms with E-state index >= 15 is 0 Å². The summed E-state index contributed by atoms with van der Waals surface area (Å²) in [6, 6.07) is -0.569. The number of thioether (sulfide) groups is 2. The Morgan fingerprint density at radius 2 is 2.39 bits per heavy atom. The molecule has 3 atom stereocenters. The maximum absolute atomic E-state index is 12.2. The van der Waals surface area contributed by atoms with Gasteiger partial charge >= 0.3 is 5.97 Å². The van der Waals surface area contributed by atoms with Crippen LogP contribution in [0.15, 0.2) is 9.85 Å². The predicted molar refractivity (Wildman–Crippen MR) is 86.3 cm³/mol. The molecule has 2 saturated heterocycles. The van der Waals surface area contributed by atoms with E-state index in [9.17, 15) is 19.5 Å². The van der Waals surface area contributed by atoms with Crippen LogP contribution in [0.4, 0.5) is 0 Å². The van der Waals surface area contributed by atoms with Crippen molar-refractivity contribution in [1.82, 2.24) is 20.4 Å². The van der Waals surface area contributed by atoms with Crippen molar-refractivity contribution in [3.05, 3.63) is 5.51 Å². The third-order valence-electron chi connectivity index (χ3n) is 3.73. The number of hydrogen-bond acceptors (Lipinski definition) is 8. The van der Waals surface area contributed by atoms with Gasteiger partial charge in [-0.05, 0) is 6.92 Å². The van der Waals surface area contributed by atoms with Crippen LogP contribution in [-0.4, -0.2) is 67.5 Å². The molecule has 3 rings (SSSR count). The van der Waals surface area contributed by atoms with Crippen molar-refractivity contribution in [2.45, 2.75) is 22.7 Å². The van der Waals surface area contributed by atoms with Gasteiger partial charge in [-0.25, -0.2) is 0 Å². The third kappa shape index (κ3) is 3.17. The number of rotatable bonds is 5. The summed E-state index contributed by atoms with van der Waals surface area (Å²) in [5.41, 5.74) is 0.658. The molecule has 1 aromatic heterocycles. The van der Waals surface area contributed by atoms with Gasteiger partial charge < -0.3 is 15.3 Å². The largest absolute Gasteiger partial charge is 0.481 e. The molecule has 2 unspecified atom stereocenters. The van der Waals surface area contributed by atoms with Gasteiger partial charge in [0.15, 0.2) is 4.34 Å². The van der Waals surface area contributed by atoms with Gasteiger partial charge in [0, 0.05) is 12.3 Å². The lowest BCUT2D eigenvalue weighted by Crippen LogP contribution is -2.73. The minimum absolute atomic E-state index is 0.170. The van der Waals surface area contributed by atoms with E-state index in [2.05, 4.69) is 15.5 Å². The van der Waals surface area contributed by atoms with E-state index in [1.165, 1.54) is 39.8 Å². The molecule has 3 heterocycles. The van der Waals surface area contributed by atoms with Crippen LogP contribution in [0, 0.1) is 5.41 Å². The number of carboxylic acids is 1. The Morgan fingerprint density at radius 1 is 1.61 bits per heavy atom. The molecular weight excluding hydrogens is 360 g/mol. The average molecular weight is 374 g/mol. The lowest BCUT2D eigenvalue weighted by atomic mass is 9.89. The molecule has 2 fully saturated rings. The highest BCUT2D eigenvalue weighted by atomic mass is 32.2. The summed E-state index contributed by atoms with van der Waals surface area (Å²) < 4.78 is 0.700. The fraction of sp³-hybridized carbons (Fsp3) is 0.583. The predicted octanol–water partition coefficient (Wildman–Crippen LogP) is 0.121. The molecule has 11 heteroatoms. The normalized spacial score (nSPS) is 29.6. The van der Waals surface area contributed by atoms with E-state index in [1.54, 1.807) is 12.4 Å². The molecular formula is C12H14N4O4S3. The van der Waals surface area contributed by atoms with Crippen LogP contribution >= 0.6 is 34.9 Å². The summed E-state index contributed by atoms with van der Waals surface area (Å²) in [4.78, 5) is 36.9. The SMILES string of the molecule is CC1(C(=O)O)CS[C@@H]2C(NC(=O)CSc3nncs3)C(=O)N2C1. The van der Waals surface area contributed by atoms with Crippen LogP contribution in [0.1, 0.15) is 6.92 Å². The first kappa shape index (κ1) is 16.5. The second-order valence-corrected chi connectivity index (χ2v) is 8.73. The molecule has 0 aliphatic carbocycles. The Kier molecular flexibility index (Phi) is 4.52. The minimum atomic E-state index is -0.931. The lowest BCUT2D eigenvalue weighted by Gasteiger charge is -2.53. The second-order valence-electron chi connectivity index (χ2n) is 5.57. The number of fused-ring (bicyclic) bond motifs is 1. The summed E-state index contributed by atoms with van der Waals surface area (Å²) in [5.74, 6) is -0.775. The number of nitrogens with one attached hydrogen (secondary N) is 1. The number of hydrogen-bond donors (Lipinski definition) is 2. The fourth-order valence-corrected chi connectivity index (χ4v) is 5.19. The van der Waals surface area contributed by atoms with E-state index in [0.29, 0.717) is 10.1 Å². The van der Waals surface area contributed by atoms with Gasteiger partial charge in [-0.1, -0.05) is 23.1 Å². The number of carbonyl (C=O) groups excluding carboxylic acids is 2. The van der Waals surface area contributed by atoms with Crippen molar-refractivity contribution >= 4 is 52.6 Å². The van der Waals surface area contributed by atoms with E-state index in [4.69, 9.17) is 0 Å². The Balaban J connectivity index is 1.52. The zero-order valence-electron chi connectivity index (χ0n) is 12.1. The average Bonchev–Trinajstić information content (AvgIpc) is 3.04. The lowest BCUT2D eigenvalue weighted by molar-refractivity contribution is -0.157. The molecule has 2 aliphatic rings. The summed E-state index contributed by atoms with van der Waals surface area (Å²) >= 11 is 4.02. The van der Waals surface area contributed by atoms with Crippen molar-refractivity contribution in [2.24, 2.45) is 5.41 Å². The summed E-state index contributed by atoms with van der Waals surface area (Å²) in [6.45, 7) is 1.82. The maximum Gasteiger partial charge on any atom is 0.312 e. The van der Waals surface area contributed by atoms with Gasteiger partial charge in [-0.3, -0.25) is 14.4 Å². The van der Waals surface area contributed by atoms with Crippen molar-refractivity contribution in [1.29, 1.82) is 0 Å². The van der Waals surface area contributed by atoms with E-state index in [1.807, 2.05) is 0 Å². The molecule has 0 saturated carbocycles. The molecule has 1 aromatic rings. The molecule has 0 spiro atoms. The van der Waals surface area contributed by atoms with Crippen LogP contribution in [-0.2, 0) is 14.4 Å². The van der Waals surface area contributed by atoms with Gasteiger partial charge in [-0.2, -0.15) is 0 Å². The van der Waals surface area contributed by atoms with E-state index in [-0.39, 0.29) is 29.5 Å². The third-order valence-corrected chi connectivity index (χ3v) is 7.27. The number of amides is 2. The zero-order chi connectivity index (χ0) is 16.6. The van der Waals surface area contributed by atoms with Crippen molar-refractivity contribution in [2.75, 3.05) is 18.1 Å². The highest BCUT2D eigenvalue weighted by molar-refractivity contribution is 8.01. The van der Waals surface area contributed by atoms with Crippen LogP contribution in [0.3, 0.4) is 0 Å². The Morgan fingerprint density at radius 3 is 3.04 bits per heavy atom. The van der Waals surface area contributed by atoms with Gasteiger partial charge in [-0.15, -0.1) is 22.0 Å². The first-order valence-corrected chi connectivity index (χ1v) is 9.66. The number of aromatic nitrogens is 2. The van der Waals surface area contributed by atoms with Crippen molar-refractivity contribution < 1.29 is 19.5 Å². The highest BCUT2D eigenvalue weighted by Gasteiger charge is 2.55. The zero-order valence-corrected chi connectivity index (χ0v) is 14.5. The van der Waals surface area contributed by atoms with Crippen LogP contribution < -0.4 is 5.32 Å². The summed E-state index contributed by atoms with van der Waals surface area (Å²) in [6.07, 6.45) is 0. The molecule has 0 radical (unpaired) electrons. The number of aliphatic carboxylic acids is 1. The Hall–Kier alpha value is -1.33. The standard InChI is InChI=1S/C12H14N4O4S3/c1-12(10(19)20)3-16-8(18)7(9(16)22-4-12)14-6(17)2-21-11-15-13-5-23-11/h5,7,9H,2-4H2,1H3,(H,14,17)(H,19,20)/t7?,9-,12?/m1/s1. The molecule has 2 N–H and O–H groups in total. The minimum Gasteiger partial charge on any atom is -0.481 e. The first-order chi connectivity index (χ1) is 10.9. The molecule has 124 valence electrons. The van der Waals surface area contributed by atoms with Gasteiger partial charge in [0.2, 0.25) is 11.8 Å². The van der Waals surface area contributed by atoms with Gasteiger partial charge in [0.25, 0.3) is 0 Å². The second kappa shape index (κ2) is 6.29. The molecule has 2 aliphatic heterocycles. The van der Waals surface area contributed by atoms with Crippen molar-refractivity contribution in [3.63, 3.8) is 0 Å². The fourth-order valence-electron chi connectivity index (χ4n) is 2.40. The smallest absolute Gasteiger partial charge is 0.312 e. The quantitative estimate of drug-likeness (QED) is 0.552. The van der Waals surface area contributed by atoms with Crippen LogP contribution in [0.5, 0.6) is 0 Å².